The van der Waals surface area contributed by atoms with Gasteiger partial charge in [0, 0.05) is 37.1 Å². The molecule has 0 aliphatic rings. The number of oxazole rings is 1. The number of primary amides is 1. The van der Waals surface area contributed by atoms with E-state index in [1.54, 1.807) is 39.2 Å². The third-order valence-corrected chi connectivity index (χ3v) is 6.64. The van der Waals surface area contributed by atoms with E-state index >= 15 is 0 Å². The number of alkyl carbamates (subject to hydrolysis) is 1. The van der Waals surface area contributed by atoms with Crippen molar-refractivity contribution in [1.29, 1.82) is 0 Å². The summed E-state index contributed by atoms with van der Waals surface area (Å²) in [6, 6.07) is 10.7. The minimum atomic E-state index is -0.962. The highest BCUT2D eigenvalue weighted by atomic mass is 79.9. The monoisotopic (exact) mass is 816 g/mol. The fraction of sp³-hybridized carbons (Fsp3) is 0.438. The molecule has 0 aliphatic heterocycles. The summed E-state index contributed by atoms with van der Waals surface area (Å²) < 4.78 is 10.4. The van der Waals surface area contributed by atoms with Crippen LogP contribution in [0.25, 0.3) is 0 Å². The molecular weight excluding hydrogens is 772 g/mol. The maximum atomic E-state index is 11.7. The molecule has 0 saturated carbocycles. The lowest BCUT2D eigenvalue weighted by Gasteiger charge is -2.22. The molecule has 0 aliphatic carbocycles. The van der Waals surface area contributed by atoms with Gasteiger partial charge in [-0.2, -0.15) is 0 Å². The number of ketones is 1. The second kappa shape index (κ2) is 23.2. The van der Waals surface area contributed by atoms with Crippen molar-refractivity contribution in [2.24, 2.45) is 11.5 Å². The number of carbonyl (C=O) groups is 3. The first kappa shape index (κ1) is 46.9. The molecule has 17 heteroatoms. The number of benzene rings is 2. The van der Waals surface area contributed by atoms with Crippen LogP contribution in [-0.4, -0.2) is 49.6 Å². The van der Waals surface area contributed by atoms with Crippen molar-refractivity contribution in [2.45, 2.75) is 85.4 Å². The largest absolute Gasteiger partial charge is 0.447 e. The third-order valence-electron chi connectivity index (χ3n) is 6.02. The molecule has 2 amide bonds. The Morgan fingerprint density at radius 1 is 0.959 bits per heavy atom. The van der Waals surface area contributed by atoms with Gasteiger partial charge < -0.3 is 25.9 Å². The van der Waals surface area contributed by atoms with Crippen LogP contribution in [0.3, 0.4) is 0 Å². The van der Waals surface area contributed by atoms with Gasteiger partial charge in [-0.15, -0.1) is 17.0 Å². The number of nitrogens with two attached hydrogens (primary N) is 2. The summed E-state index contributed by atoms with van der Waals surface area (Å²) in [5, 5.41) is 24.0. The predicted molar refractivity (Wildman–Crippen MR) is 195 cm³/mol. The first-order valence-electron chi connectivity index (χ1n) is 14.5. The van der Waals surface area contributed by atoms with E-state index in [9.17, 15) is 34.6 Å². The smallest absolute Gasteiger partial charge is 0.408 e. The van der Waals surface area contributed by atoms with E-state index in [0.717, 1.165) is 17.7 Å². The van der Waals surface area contributed by atoms with Crippen molar-refractivity contribution in [2.75, 3.05) is 5.33 Å². The lowest BCUT2D eigenvalue weighted by molar-refractivity contribution is -0.385. The summed E-state index contributed by atoms with van der Waals surface area (Å²) in [6.07, 6.45) is 2.94. The Hall–Kier alpha value is -4.22. The summed E-state index contributed by atoms with van der Waals surface area (Å²) in [6.45, 7) is 8.93. The van der Waals surface area contributed by atoms with Gasteiger partial charge in [0.25, 0.3) is 11.4 Å². The molecule has 5 N–H and O–H groups in total. The molecular formula is C32H46Br2N6O9. The molecule has 0 unspecified atom stereocenters. The Kier molecular flexibility index (Phi) is 22.2. The van der Waals surface area contributed by atoms with Crippen molar-refractivity contribution >= 4 is 62.1 Å². The minimum absolute atomic E-state index is 0. The van der Waals surface area contributed by atoms with Gasteiger partial charge >= 0.3 is 6.09 Å². The van der Waals surface area contributed by atoms with E-state index in [1.165, 1.54) is 36.4 Å². The Labute approximate surface area is 304 Å². The average Bonchev–Trinajstić information content (AvgIpc) is 3.50. The van der Waals surface area contributed by atoms with Crippen LogP contribution in [0.15, 0.2) is 59.2 Å². The van der Waals surface area contributed by atoms with Crippen LogP contribution in [0.1, 0.15) is 77.2 Å². The number of nitrogens with zero attached hydrogens (tertiary/aromatic N) is 3. The number of Topliss-reactive ketones (excluding diaryl/α,β-unsaturated/α-hetero) is 1. The number of rotatable bonds is 12. The minimum Gasteiger partial charge on any atom is -0.447 e. The first-order chi connectivity index (χ1) is 22.0. The topological polar surface area (TPSA) is 237 Å². The van der Waals surface area contributed by atoms with Crippen molar-refractivity contribution < 1.29 is 33.4 Å². The molecule has 1 heterocycles. The molecule has 0 spiro atoms. The van der Waals surface area contributed by atoms with Crippen LogP contribution in [0.4, 0.5) is 16.2 Å². The summed E-state index contributed by atoms with van der Waals surface area (Å²) >= 11 is 3.03. The number of hydrogen-bond acceptors (Lipinski definition) is 11. The highest BCUT2D eigenvalue weighted by Gasteiger charge is 2.23. The van der Waals surface area contributed by atoms with Crippen LogP contribution < -0.4 is 16.8 Å². The average molecular weight is 819 g/mol. The van der Waals surface area contributed by atoms with Gasteiger partial charge in [-0.3, -0.25) is 29.8 Å². The Morgan fingerprint density at radius 3 is 1.76 bits per heavy atom. The fourth-order valence-electron chi connectivity index (χ4n) is 3.51. The van der Waals surface area contributed by atoms with Gasteiger partial charge in [0.15, 0.2) is 0 Å². The van der Waals surface area contributed by atoms with Crippen LogP contribution >= 0.6 is 32.9 Å². The van der Waals surface area contributed by atoms with Crippen molar-refractivity contribution in [1.82, 2.24) is 10.3 Å². The Bertz CT molecular complexity index is 1470. The molecule has 2 atom stereocenters. The number of nitrogens with one attached hydrogen (secondary N) is 1. The number of amides is 2. The van der Waals surface area contributed by atoms with E-state index in [1.807, 2.05) is 13.8 Å². The van der Waals surface area contributed by atoms with E-state index < -0.39 is 33.5 Å². The molecule has 3 aromatic rings. The number of alkyl halides is 1. The van der Waals surface area contributed by atoms with Gasteiger partial charge in [-0.1, -0.05) is 61.5 Å². The van der Waals surface area contributed by atoms with Gasteiger partial charge in [-0.05, 0) is 44.7 Å². The second-order valence-corrected chi connectivity index (χ2v) is 11.6. The summed E-state index contributed by atoms with van der Waals surface area (Å²) in [5.41, 5.74) is 13.0. The van der Waals surface area contributed by atoms with Crippen molar-refractivity contribution in [3.8, 4) is 0 Å². The lowest BCUT2D eigenvalue weighted by Crippen LogP contribution is -2.47. The zero-order valence-corrected chi connectivity index (χ0v) is 30.6. The summed E-state index contributed by atoms with van der Waals surface area (Å²) in [7, 11) is 0. The molecule has 0 bridgehead atoms. The zero-order valence-electron chi connectivity index (χ0n) is 27.3. The molecule has 0 radical (unpaired) electrons. The second-order valence-electron chi connectivity index (χ2n) is 11.0. The molecule has 0 fully saturated rings. The Morgan fingerprint density at radius 2 is 1.43 bits per heavy atom. The molecule has 272 valence electrons. The highest BCUT2D eigenvalue weighted by Crippen LogP contribution is 2.19. The van der Waals surface area contributed by atoms with Crippen LogP contribution in [-0.2, 0) is 33.6 Å². The number of non-ortho nitro benzene ring substituents is 2. The number of carbonyl (C=O) groups excluding carboxylic acids is 3. The van der Waals surface area contributed by atoms with E-state index in [-0.39, 0.29) is 54.0 Å². The lowest BCUT2D eigenvalue weighted by atomic mass is 10.1. The zero-order chi connectivity index (χ0) is 35.7. The first-order valence-corrected chi connectivity index (χ1v) is 15.6. The maximum absolute atomic E-state index is 11.7. The van der Waals surface area contributed by atoms with Crippen molar-refractivity contribution in [3.63, 3.8) is 0 Å². The number of ether oxygens (including phenoxy) is 1. The molecule has 1 aromatic heterocycles. The van der Waals surface area contributed by atoms with Gasteiger partial charge in [0.2, 0.25) is 11.8 Å². The quantitative estimate of drug-likeness (QED) is 0.102. The Balaban J connectivity index is 0. The molecule has 15 nitrogen and oxygen atoms in total. The van der Waals surface area contributed by atoms with Gasteiger partial charge in [0.05, 0.1) is 26.9 Å². The molecule has 49 heavy (non-hydrogen) atoms. The number of halogens is 2. The number of aryl methyl sites for hydroxylation is 1. The van der Waals surface area contributed by atoms with E-state index in [4.69, 9.17) is 20.6 Å². The third kappa shape index (κ3) is 18.8. The number of nitro benzene ring substituents is 2. The number of aromatic nitrogens is 1. The van der Waals surface area contributed by atoms with Crippen LogP contribution in [0, 0.1) is 20.2 Å². The van der Waals surface area contributed by atoms with E-state index in [0.29, 0.717) is 29.6 Å². The normalized spacial score (nSPS) is 11.3. The molecule has 3 rings (SSSR count). The van der Waals surface area contributed by atoms with Crippen LogP contribution in [0.5, 0.6) is 0 Å². The van der Waals surface area contributed by atoms with E-state index in [2.05, 4.69) is 26.2 Å². The van der Waals surface area contributed by atoms with Crippen molar-refractivity contribution in [3.05, 3.63) is 97.7 Å². The summed E-state index contributed by atoms with van der Waals surface area (Å²) in [5.74, 6) is 0.0365. The molecule has 2 aromatic carbocycles. The summed E-state index contributed by atoms with van der Waals surface area (Å²) in [4.78, 5) is 57.7. The number of nitro groups is 2. The fourth-order valence-corrected chi connectivity index (χ4v) is 3.90. The standard InChI is InChI=1S/C14H19N3O5.C13H15N3O3.C4H7BrO.CH4.BrH/c1-14(2,3)22-13(19)16-11(12(15)18)8-9-4-6-10(7-5-9)17(20)21;1-2-10-8-19-13(15-10)12(14)7-9-3-5-11(6-4-9)16(17)18;1-2-4(6)3-5;;/h4-7,11H,8H2,1-3H3,(H2,15,18)(H,16,19);3-6,8,12H,2,7,14H2,1H3;2-3H2,1H3;1H4;1H/t11-;12-;;;/m00.../s1. The maximum Gasteiger partial charge on any atom is 0.408 e. The molecule has 0 saturated heterocycles. The number of hydrogen-bond donors (Lipinski definition) is 3. The predicted octanol–water partition coefficient (Wildman–Crippen LogP) is 6.48. The van der Waals surface area contributed by atoms with Crippen LogP contribution in [0.2, 0.25) is 0 Å². The van der Waals surface area contributed by atoms with Gasteiger partial charge in [0.1, 0.15) is 23.7 Å². The SMILES string of the molecule is Br.C.CC(C)(C)OC(=O)N[C@@H](Cc1ccc([N+](=O)[O-])cc1)C(N)=O.CCC(=O)CBr.CCc1coc([C@@H](N)Cc2ccc([N+](=O)[O-])cc2)n1. The highest BCUT2D eigenvalue weighted by molar-refractivity contribution is 9.09. The van der Waals surface area contributed by atoms with Gasteiger partial charge in [-0.25, -0.2) is 9.78 Å².